The highest BCUT2D eigenvalue weighted by Crippen LogP contribution is 2.35. The van der Waals surface area contributed by atoms with Crippen molar-refractivity contribution in [2.75, 3.05) is 6.54 Å². The molecule has 5 heteroatoms. The molecule has 2 aromatic rings. The highest BCUT2D eigenvalue weighted by Gasteiger charge is 2.09. The minimum atomic E-state index is 0.246. The number of benzene rings is 2. The van der Waals surface area contributed by atoms with Crippen LogP contribution in [-0.4, -0.2) is 11.7 Å². The first-order valence-corrected chi connectivity index (χ1v) is 8.28. The van der Waals surface area contributed by atoms with Gasteiger partial charge < -0.3 is 15.2 Å². The van der Waals surface area contributed by atoms with Crippen LogP contribution in [0.2, 0.25) is 0 Å². The summed E-state index contributed by atoms with van der Waals surface area (Å²) in [5.41, 5.74) is 2.10. The molecule has 0 bridgehead atoms. The summed E-state index contributed by atoms with van der Waals surface area (Å²) in [7, 11) is 0. The molecule has 0 atom stereocenters. The number of halogens is 2. The number of ether oxygens (including phenoxy) is 1. The van der Waals surface area contributed by atoms with Gasteiger partial charge in [0.1, 0.15) is 18.1 Å². The van der Waals surface area contributed by atoms with Crippen molar-refractivity contribution in [2.24, 2.45) is 0 Å². The third-order valence-electron chi connectivity index (χ3n) is 2.93. The first kappa shape index (κ1) is 16.3. The van der Waals surface area contributed by atoms with Crippen LogP contribution in [0.1, 0.15) is 18.1 Å². The van der Waals surface area contributed by atoms with Gasteiger partial charge in [-0.25, -0.2) is 0 Å². The third-order valence-corrected chi connectivity index (χ3v) is 4.11. The first-order chi connectivity index (χ1) is 10.1. The minimum absolute atomic E-state index is 0.246. The number of hydrogen-bond donors (Lipinski definition) is 2. The van der Waals surface area contributed by atoms with Crippen LogP contribution >= 0.6 is 31.9 Å². The normalized spacial score (nSPS) is 10.6. The highest BCUT2D eigenvalue weighted by atomic mass is 79.9. The van der Waals surface area contributed by atoms with Crippen LogP contribution in [0, 0.1) is 0 Å². The van der Waals surface area contributed by atoms with E-state index in [4.69, 9.17) is 4.74 Å². The van der Waals surface area contributed by atoms with Gasteiger partial charge in [-0.15, -0.1) is 0 Å². The summed E-state index contributed by atoms with van der Waals surface area (Å²) in [5, 5.41) is 12.7. The molecule has 0 aliphatic rings. The van der Waals surface area contributed by atoms with E-state index < -0.39 is 0 Å². The van der Waals surface area contributed by atoms with Crippen LogP contribution in [0.5, 0.6) is 11.5 Å². The maximum atomic E-state index is 9.46. The second-order valence-electron chi connectivity index (χ2n) is 4.63. The van der Waals surface area contributed by atoms with Gasteiger partial charge in [-0.3, -0.25) is 0 Å². The van der Waals surface area contributed by atoms with E-state index in [0.29, 0.717) is 6.61 Å². The lowest BCUT2D eigenvalue weighted by Gasteiger charge is -2.13. The Balaban J connectivity index is 2.09. The van der Waals surface area contributed by atoms with Crippen LogP contribution < -0.4 is 10.1 Å². The number of aromatic hydroxyl groups is 1. The average molecular weight is 415 g/mol. The van der Waals surface area contributed by atoms with Gasteiger partial charge in [0.2, 0.25) is 0 Å². The number of phenols is 1. The van der Waals surface area contributed by atoms with E-state index in [-0.39, 0.29) is 5.75 Å². The summed E-state index contributed by atoms with van der Waals surface area (Å²) < 4.78 is 7.66. The fraction of sp³-hybridized carbons (Fsp3) is 0.250. The topological polar surface area (TPSA) is 41.5 Å². The second-order valence-corrected chi connectivity index (χ2v) is 6.34. The molecule has 0 aliphatic heterocycles. The van der Waals surface area contributed by atoms with Gasteiger partial charge in [-0.05, 0) is 73.8 Å². The summed E-state index contributed by atoms with van der Waals surface area (Å²) in [4.78, 5) is 0. The van der Waals surface area contributed by atoms with Crippen LogP contribution in [0.15, 0.2) is 45.3 Å². The van der Waals surface area contributed by atoms with Gasteiger partial charge in [-0.2, -0.15) is 0 Å². The lowest BCUT2D eigenvalue weighted by molar-refractivity contribution is 0.301. The van der Waals surface area contributed by atoms with Gasteiger partial charge in [-0.1, -0.05) is 19.1 Å². The van der Waals surface area contributed by atoms with Crippen molar-refractivity contribution in [3.63, 3.8) is 0 Å². The van der Waals surface area contributed by atoms with Crippen molar-refractivity contribution >= 4 is 31.9 Å². The minimum Gasteiger partial charge on any atom is -0.508 e. The van der Waals surface area contributed by atoms with Crippen LogP contribution in [0.3, 0.4) is 0 Å². The van der Waals surface area contributed by atoms with Crippen LogP contribution in [0.4, 0.5) is 0 Å². The van der Waals surface area contributed by atoms with E-state index in [1.807, 2.05) is 18.2 Å². The van der Waals surface area contributed by atoms with Crippen molar-refractivity contribution in [3.8, 4) is 11.5 Å². The van der Waals surface area contributed by atoms with Gasteiger partial charge in [0.05, 0.1) is 8.95 Å². The van der Waals surface area contributed by atoms with E-state index in [2.05, 4.69) is 44.1 Å². The molecule has 2 rings (SSSR count). The molecule has 0 aliphatic carbocycles. The Morgan fingerprint density at radius 3 is 2.43 bits per heavy atom. The first-order valence-electron chi connectivity index (χ1n) is 6.69. The van der Waals surface area contributed by atoms with Gasteiger partial charge in [0, 0.05) is 6.54 Å². The molecule has 0 saturated heterocycles. The van der Waals surface area contributed by atoms with Gasteiger partial charge in [0.15, 0.2) is 0 Å². The Morgan fingerprint density at radius 2 is 1.81 bits per heavy atom. The molecule has 0 heterocycles. The van der Waals surface area contributed by atoms with Crippen molar-refractivity contribution in [3.05, 3.63) is 56.5 Å². The van der Waals surface area contributed by atoms with Crippen LogP contribution in [0.25, 0.3) is 0 Å². The molecule has 2 N–H and O–H groups in total. The Labute approximate surface area is 141 Å². The Bertz CT molecular complexity index is 594. The number of rotatable bonds is 6. The summed E-state index contributed by atoms with van der Waals surface area (Å²) >= 11 is 7.09. The molecular weight excluding hydrogens is 398 g/mol. The SMILES string of the molecule is CCNCc1cc(Br)c(OCc2cccc(O)c2)c(Br)c1. The van der Waals surface area contributed by atoms with Gasteiger partial charge >= 0.3 is 0 Å². The zero-order valence-corrected chi connectivity index (χ0v) is 14.9. The molecular formula is C16H17Br2NO2. The zero-order valence-electron chi connectivity index (χ0n) is 11.7. The van der Waals surface area contributed by atoms with Crippen molar-refractivity contribution in [1.29, 1.82) is 0 Å². The second kappa shape index (κ2) is 7.82. The fourth-order valence-electron chi connectivity index (χ4n) is 1.92. The summed E-state index contributed by atoms with van der Waals surface area (Å²) in [6.07, 6.45) is 0. The smallest absolute Gasteiger partial charge is 0.148 e. The number of nitrogens with one attached hydrogen (secondary N) is 1. The van der Waals surface area contributed by atoms with E-state index in [1.54, 1.807) is 18.2 Å². The average Bonchev–Trinajstić information content (AvgIpc) is 2.44. The molecule has 0 saturated carbocycles. The molecule has 0 unspecified atom stereocenters. The highest BCUT2D eigenvalue weighted by molar-refractivity contribution is 9.11. The molecule has 2 aromatic carbocycles. The van der Waals surface area contributed by atoms with E-state index in [1.165, 1.54) is 5.56 Å². The fourth-order valence-corrected chi connectivity index (χ4v) is 3.43. The van der Waals surface area contributed by atoms with E-state index >= 15 is 0 Å². The quantitative estimate of drug-likeness (QED) is 0.725. The Hall–Kier alpha value is -1.04. The van der Waals surface area contributed by atoms with Crippen LogP contribution in [-0.2, 0) is 13.2 Å². The molecule has 0 radical (unpaired) electrons. The van der Waals surface area contributed by atoms with E-state index in [0.717, 1.165) is 33.3 Å². The molecule has 0 amide bonds. The number of hydrogen-bond acceptors (Lipinski definition) is 3. The van der Waals surface area contributed by atoms with Gasteiger partial charge in [0.25, 0.3) is 0 Å². The predicted molar refractivity (Wildman–Crippen MR) is 91.7 cm³/mol. The summed E-state index contributed by atoms with van der Waals surface area (Å²) in [6, 6.07) is 11.2. The molecule has 3 nitrogen and oxygen atoms in total. The summed E-state index contributed by atoms with van der Waals surface area (Å²) in [5.74, 6) is 1.01. The van der Waals surface area contributed by atoms with Crippen molar-refractivity contribution < 1.29 is 9.84 Å². The lowest BCUT2D eigenvalue weighted by Crippen LogP contribution is -2.11. The standard InChI is InChI=1S/C16H17Br2NO2/c1-2-19-9-12-7-14(17)16(15(18)8-12)21-10-11-4-3-5-13(20)6-11/h3-8,19-20H,2,9-10H2,1H3. The molecule has 0 fully saturated rings. The maximum Gasteiger partial charge on any atom is 0.148 e. The third kappa shape index (κ3) is 4.73. The Kier molecular flexibility index (Phi) is 6.08. The maximum absolute atomic E-state index is 9.46. The monoisotopic (exact) mass is 413 g/mol. The molecule has 0 aromatic heterocycles. The predicted octanol–water partition coefficient (Wildman–Crippen LogP) is 4.61. The lowest BCUT2D eigenvalue weighted by atomic mass is 10.2. The van der Waals surface area contributed by atoms with E-state index in [9.17, 15) is 5.11 Å². The summed E-state index contributed by atoms with van der Waals surface area (Å²) in [6.45, 7) is 4.24. The molecule has 21 heavy (non-hydrogen) atoms. The Morgan fingerprint density at radius 1 is 1.10 bits per heavy atom. The van der Waals surface area contributed by atoms with Crippen molar-refractivity contribution in [1.82, 2.24) is 5.32 Å². The number of phenolic OH excluding ortho intramolecular Hbond substituents is 1. The zero-order chi connectivity index (χ0) is 15.2. The molecule has 0 spiro atoms. The van der Waals surface area contributed by atoms with Crippen molar-refractivity contribution in [2.45, 2.75) is 20.1 Å². The largest absolute Gasteiger partial charge is 0.508 e. The molecule has 112 valence electrons.